The highest BCUT2D eigenvalue weighted by Crippen LogP contribution is 2.47. The molecule has 0 spiro atoms. The van der Waals surface area contributed by atoms with Gasteiger partial charge >= 0.3 is 12.0 Å². The maximum Gasteiger partial charge on any atom is 0.331 e. The molecule has 1 aromatic rings. The lowest BCUT2D eigenvalue weighted by Crippen LogP contribution is -2.58. The Kier molecular flexibility index (Phi) is 4.86. The molecule has 3 atom stereocenters. The van der Waals surface area contributed by atoms with Crippen molar-refractivity contribution in [1.82, 2.24) is 10.2 Å². The number of imide groups is 2. The topological polar surface area (TPSA) is 102 Å². The third kappa shape index (κ3) is 3.50. The molecule has 29 heavy (non-hydrogen) atoms. The molecule has 1 N–H and O–H groups in total. The van der Waals surface area contributed by atoms with Gasteiger partial charge in [0.25, 0.3) is 11.8 Å². The van der Waals surface area contributed by atoms with E-state index in [1.807, 2.05) is 0 Å². The second-order valence-corrected chi connectivity index (χ2v) is 7.74. The lowest BCUT2D eigenvalue weighted by Gasteiger charge is -2.35. The molecule has 8 nitrogen and oxygen atoms in total. The number of benzene rings is 1. The van der Waals surface area contributed by atoms with Crippen molar-refractivity contribution in [2.75, 3.05) is 7.11 Å². The van der Waals surface area contributed by atoms with E-state index in [1.54, 1.807) is 12.1 Å². The summed E-state index contributed by atoms with van der Waals surface area (Å²) in [7, 11) is 1.42. The van der Waals surface area contributed by atoms with Crippen molar-refractivity contribution in [3.63, 3.8) is 0 Å². The largest absolute Gasteiger partial charge is 0.493 e. The normalized spacial score (nSPS) is 27.4. The third-order valence-corrected chi connectivity index (χ3v) is 5.92. The SMILES string of the molecule is COc1cc(/C=C2/C(=O)NC(=O)N([C@H]3C[C@H]4CC[C@H]3C4)C2=O)ccc1OC(C)=O. The molecular weight excluding hydrogens is 376 g/mol. The summed E-state index contributed by atoms with van der Waals surface area (Å²) in [5, 5.41) is 2.29. The summed E-state index contributed by atoms with van der Waals surface area (Å²) >= 11 is 0. The zero-order valence-electron chi connectivity index (χ0n) is 16.3. The van der Waals surface area contributed by atoms with Crippen LogP contribution < -0.4 is 14.8 Å². The minimum absolute atomic E-state index is 0.102. The molecule has 4 amide bonds. The van der Waals surface area contributed by atoms with Crippen LogP contribution >= 0.6 is 0 Å². The summed E-state index contributed by atoms with van der Waals surface area (Å²) in [6.45, 7) is 1.28. The van der Waals surface area contributed by atoms with Crippen LogP contribution in [0.15, 0.2) is 23.8 Å². The average molecular weight is 398 g/mol. The summed E-state index contributed by atoms with van der Waals surface area (Å²) in [4.78, 5) is 50.2. The fourth-order valence-electron chi connectivity index (χ4n) is 4.68. The van der Waals surface area contributed by atoms with Gasteiger partial charge in [0.1, 0.15) is 5.57 Å². The van der Waals surface area contributed by atoms with Crippen LogP contribution in [0.2, 0.25) is 0 Å². The first-order chi connectivity index (χ1) is 13.9. The van der Waals surface area contributed by atoms with Crippen LogP contribution in [-0.4, -0.2) is 41.9 Å². The minimum Gasteiger partial charge on any atom is -0.493 e. The number of nitrogens with one attached hydrogen (secondary N) is 1. The zero-order valence-corrected chi connectivity index (χ0v) is 16.3. The lowest BCUT2D eigenvalue weighted by molar-refractivity contribution is -0.133. The Morgan fingerprint density at radius 1 is 1.17 bits per heavy atom. The fourth-order valence-corrected chi connectivity index (χ4v) is 4.68. The molecule has 1 aliphatic heterocycles. The molecule has 4 rings (SSSR count). The number of hydrogen-bond acceptors (Lipinski definition) is 6. The van der Waals surface area contributed by atoms with Gasteiger partial charge in [0, 0.05) is 13.0 Å². The van der Waals surface area contributed by atoms with Crippen molar-refractivity contribution >= 4 is 29.9 Å². The van der Waals surface area contributed by atoms with E-state index in [4.69, 9.17) is 9.47 Å². The van der Waals surface area contributed by atoms with Gasteiger partial charge in [-0.1, -0.05) is 12.5 Å². The monoisotopic (exact) mass is 398 g/mol. The first-order valence-corrected chi connectivity index (χ1v) is 9.64. The van der Waals surface area contributed by atoms with E-state index in [2.05, 4.69) is 5.32 Å². The molecule has 1 aromatic carbocycles. The number of esters is 1. The molecule has 0 aromatic heterocycles. The van der Waals surface area contributed by atoms with E-state index < -0.39 is 23.8 Å². The minimum atomic E-state index is -0.720. The number of urea groups is 1. The molecule has 1 heterocycles. The van der Waals surface area contributed by atoms with E-state index >= 15 is 0 Å². The Labute approximate surface area is 167 Å². The van der Waals surface area contributed by atoms with E-state index in [-0.39, 0.29) is 17.4 Å². The van der Waals surface area contributed by atoms with Gasteiger partial charge in [-0.15, -0.1) is 0 Å². The second-order valence-electron chi connectivity index (χ2n) is 7.74. The van der Waals surface area contributed by atoms with E-state index in [0.717, 1.165) is 25.7 Å². The molecule has 152 valence electrons. The van der Waals surface area contributed by atoms with Crippen molar-refractivity contribution in [2.45, 2.75) is 38.6 Å². The van der Waals surface area contributed by atoms with Gasteiger partial charge in [-0.05, 0) is 54.9 Å². The number of carbonyl (C=O) groups is 4. The molecule has 0 radical (unpaired) electrons. The van der Waals surface area contributed by atoms with Gasteiger partial charge in [0.15, 0.2) is 11.5 Å². The molecule has 3 aliphatic rings. The Morgan fingerprint density at radius 2 is 1.97 bits per heavy atom. The fraction of sp³-hybridized carbons (Fsp3) is 0.429. The van der Waals surface area contributed by atoms with Gasteiger partial charge in [-0.2, -0.15) is 0 Å². The summed E-state index contributed by atoms with van der Waals surface area (Å²) in [6.07, 6.45) is 5.40. The predicted octanol–water partition coefficient (Wildman–Crippen LogP) is 2.27. The third-order valence-electron chi connectivity index (χ3n) is 5.92. The number of barbiturate groups is 1. The highest BCUT2D eigenvalue weighted by molar-refractivity contribution is 6.31. The number of amides is 4. The van der Waals surface area contributed by atoms with Crippen LogP contribution in [0.4, 0.5) is 4.79 Å². The average Bonchev–Trinajstić information content (AvgIpc) is 3.29. The summed E-state index contributed by atoms with van der Waals surface area (Å²) in [6, 6.07) is 3.89. The van der Waals surface area contributed by atoms with E-state index in [9.17, 15) is 19.2 Å². The molecule has 1 saturated heterocycles. The van der Waals surface area contributed by atoms with Crippen LogP contribution in [-0.2, 0) is 14.4 Å². The zero-order chi connectivity index (χ0) is 20.7. The van der Waals surface area contributed by atoms with Crippen LogP contribution in [0.5, 0.6) is 11.5 Å². The van der Waals surface area contributed by atoms with Crippen LogP contribution in [0, 0.1) is 11.8 Å². The number of ether oxygens (including phenoxy) is 2. The number of nitrogens with zero attached hydrogens (tertiary/aromatic N) is 1. The van der Waals surface area contributed by atoms with Gasteiger partial charge < -0.3 is 9.47 Å². The maximum atomic E-state index is 13.1. The molecule has 3 fully saturated rings. The van der Waals surface area contributed by atoms with Gasteiger partial charge in [0.05, 0.1) is 7.11 Å². The number of fused-ring (bicyclic) bond motifs is 2. The highest BCUT2D eigenvalue weighted by Gasteiger charge is 2.49. The summed E-state index contributed by atoms with van der Waals surface area (Å²) in [5.41, 5.74) is 0.410. The second kappa shape index (κ2) is 7.35. The van der Waals surface area contributed by atoms with Crippen molar-refractivity contribution < 1.29 is 28.7 Å². The van der Waals surface area contributed by atoms with Gasteiger partial charge in [-0.3, -0.25) is 24.6 Å². The molecule has 2 bridgehead atoms. The van der Waals surface area contributed by atoms with Crippen LogP contribution in [0.1, 0.15) is 38.2 Å². The van der Waals surface area contributed by atoms with Crippen molar-refractivity contribution in [3.8, 4) is 11.5 Å². The van der Waals surface area contributed by atoms with Crippen molar-refractivity contribution in [1.29, 1.82) is 0 Å². The van der Waals surface area contributed by atoms with Crippen LogP contribution in [0.25, 0.3) is 6.08 Å². The molecule has 2 saturated carbocycles. The smallest absolute Gasteiger partial charge is 0.331 e. The van der Waals surface area contributed by atoms with E-state index in [0.29, 0.717) is 23.1 Å². The van der Waals surface area contributed by atoms with Gasteiger partial charge in [-0.25, -0.2) is 4.79 Å². The first-order valence-electron chi connectivity index (χ1n) is 9.64. The first kappa shape index (κ1) is 19.2. The van der Waals surface area contributed by atoms with Gasteiger partial charge in [0.2, 0.25) is 0 Å². The van der Waals surface area contributed by atoms with Crippen LogP contribution in [0.3, 0.4) is 0 Å². The number of carbonyl (C=O) groups excluding carboxylic acids is 4. The Hall–Kier alpha value is -3.16. The lowest BCUT2D eigenvalue weighted by atomic mass is 9.93. The quantitative estimate of drug-likeness (QED) is 0.361. The molecule has 2 aliphatic carbocycles. The predicted molar refractivity (Wildman–Crippen MR) is 102 cm³/mol. The molecular formula is C21H22N2O6. The number of methoxy groups -OCH3 is 1. The number of hydrogen-bond donors (Lipinski definition) is 1. The Morgan fingerprint density at radius 3 is 2.59 bits per heavy atom. The summed E-state index contributed by atoms with van der Waals surface area (Å²) < 4.78 is 10.3. The highest BCUT2D eigenvalue weighted by atomic mass is 16.6. The molecule has 0 unspecified atom stereocenters. The maximum absolute atomic E-state index is 13.1. The Balaban J connectivity index is 1.63. The molecule has 8 heteroatoms. The Bertz CT molecular complexity index is 937. The standard InChI is InChI=1S/C21H22N2O6/c1-11(24)29-17-6-4-13(10-18(17)28-2)8-15-19(25)22-21(27)23(20(15)26)16-9-12-3-5-14(16)7-12/h4,6,8,10,12,14,16H,3,5,7,9H2,1-2H3,(H,22,25,27)/b15-8-/t12-,14-,16-/m0/s1. The summed E-state index contributed by atoms with van der Waals surface area (Å²) in [5.74, 6) is -0.390. The van der Waals surface area contributed by atoms with Crippen molar-refractivity contribution in [2.24, 2.45) is 11.8 Å². The number of rotatable bonds is 4. The van der Waals surface area contributed by atoms with E-state index in [1.165, 1.54) is 31.1 Å². The van der Waals surface area contributed by atoms with Crippen molar-refractivity contribution in [3.05, 3.63) is 29.3 Å².